The van der Waals surface area contributed by atoms with Crippen molar-refractivity contribution < 1.29 is 39.0 Å². The van der Waals surface area contributed by atoms with Gasteiger partial charge in [-0.3, -0.25) is 29.0 Å². The lowest BCUT2D eigenvalue weighted by Crippen LogP contribution is -2.66. The van der Waals surface area contributed by atoms with E-state index >= 15 is 0 Å². The van der Waals surface area contributed by atoms with E-state index in [1.165, 1.54) is 25.9 Å². The van der Waals surface area contributed by atoms with Crippen LogP contribution in [0.2, 0.25) is 0 Å². The van der Waals surface area contributed by atoms with E-state index in [1.807, 2.05) is 0 Å². The van der Waals surface area contributed by atoms with E-state index in [0.717, 1.165) is 26.7 Å². The van der Waals surface area contributed by atoms with Crippen LogP contribution in [0.4, 0.5) is 20.4 Å². The number of likely N-dealkylation sites (N-methyl/N-ethyl adjacent to an activating group) is 1. The van der Waals surface area contributed by atoms with Crippen LogP contribution in [0.25, 0.3) is 0 Å². The molecule has 7 N–H and O–H groups in total. The van der Waals surface area contributed by atoms with Crippen molar-refractivity contribution in [3.8, 4) is 0 Å². The van der Waals surface area contributed by atoms with Gasteiger partial charge in [0.2, 0.25) is 17.7 Å². The second kappa shape index (κ2) is 16.5. The third kappa shape index (κ3) is 11.6. The van der Waals surface area contributed by atoms with Gasteiger partial charge in [-0.25, -0.2) is 14.6 Å². The Hall–Kier alpha value is -4.93. The maximum atomic E-state index is 13.4. The quantitative estimate of drug-likeness (QED) is 0.157. The lowest BCUT2D eigenvalue weighted by molar-refractivity contribution is -0.131. The Morgan fingerprint density at radius 3 is 1.86 bits per heavy atom. The number of thiazole rings is 1. The zero-order valence-electron chi connectivity index (χ0n) is 29.4. The lowest BCUT2D eigenvalue weighted by atomic mass is 10.0. The number of benzene rings is 1. The van der Waals surface area contributed by atoms with Gasteiger partial charge >= 0.3 is 12.2 Å². The van der Waals surface area contributed by atoms with Crippen molar-refractivity contribution in [1.82, 2.24) is 25.0 Å². The van der Waals surface area contributed by atoms with Crippen molar-refractivity contribution in [3.05, 3.63) is 40.4 Å². The number of aryl methyl sites for hydroxylation is 2. The molecule has 270 valence electrons. The summed E-state index contributed by atoms with van der Waals surface area (Å²) in [6, 6.07) is 5.94. The maximum absolute atomic E-state index is 13.4. The van der Waals surface area contributed by atoms with Crippen molar-refractivity contribution in [2.45, 2.75) is 97.6 Å². The lowest BCUT2D eigenvalue weighted by Gasteiger charge is -2.48. The normalized spacial score (nSPS) is 12.1. The summed E-state index contributed by atoms with van der Waals surface area (Å²) < 4.78 is 0. The van der Waals surface area contributed by atoms with Gasteiger partial charge < -0.3 is 36.8 Å². The molecule has 49 heavy (non-hydrogen) atoms. The number of amides is 6. The van der Waals surface area contributed by atoms with Crippen LogP contribution in [0.3, 0.4) is 0 Å². The number of carboxylic acid groups (broad SMARTS) is 2. The van der Waals surface area contributed by atoms with E-state index in [9.17, 15) is 39.0 Å². The van der Waals surface area contributed by atoms with Gasteiger partial charge in [0.05, 0.1) is 5.69 Å². The fraction of sp³-hybridized carbons (Fsp3) is 0.531. The minimum atomic E-state index is -1.30. The standard InChI is InChI=1S/C32H48N8O8S/c1-18(41)34-27-37-21(24(49-27)25(43)36-22(16-17-23(33)42)26(44)38(8)9)15-12-19-10-13-20(14-11-19)35-28(39(29(45)46)31(2,3)4)40(30(47)48)32(5,6)7/h10-11,13-14,22,28,35H,12,15-17H2,1-9H3,(H2,33,42)(H,36,43)(H,45,46)(H,47,48)(H,34,37,41)/t22-/m0/s1. The van der Waals surface area contributed by atoms with Crippen LogP contribution in [-0.4, -0.2) is 103 Å². The summed E-state index contributed by atoms with van der Waals surface area (Å²) in [5.74, 6) is -2.00. The molecule has 2 rings (SSSR count). The summed E-state index contributed by atoms with van der Waals surface area (Å²) in [4.78, 5) is 82.1. The Labute approximate surface area is 290 Å². The van der Waals surface area contributed by atoms with Gasteiger partial charge in [-0.15, -0.1) is 0 Å². The molecule has 0 aliphatic carbocycles. The summed E-state index contributed by atoms with van der Waals surface area (Å²) in [7, 11) is 3.05. The Morgan fingerprint density at radius 1 is 0.898 bits per heavy atom. The molecule has 0 unspecified atom stereocenters. The van der Waals surface area contributed by atoms with Crippen LogP contribution < -0.4 is 21.7 Å². The first-order valence-electron chi connectivity index (χ1n) is 15.5. The number of aromatic nitrogens is 1. The number of hydrogen-bond acceptors (Lipinski definition) is 9. The maximum Gasteiger partial charge on any atom is 0.410 e. The Balaban J connectivity index is 2.36. The van der Waals surface area contributed by atoms with Crippen molar-refractivity contribution in [2.75, 3.05) is 24.7 Å². The molecule has 0 bridgehead atoms. The van der Waals surface area contributed by atoms with Crippen LogP contribution in [-0.2, 0) is 27.2 Å². The molecule has 0 radical (unpaired) electrons. The molecule has 16 nitrogen and oxygen atoms in total. The minimum absolute atomic E-state index is 0.00593. The van der Waals surface area contributed by atoms with Crippen molar-refractivity contribution in [2.24, 2.45) is 5.73 Å². The van der Waals surface area contributed by atoms with Crippen LogP contribution in [0.15, 0.2) is 24.3 Å². The highest BCUT2D eigenvalue weighted by Crippen LogP contribution is 2.28. The number of rotatable bonds is 14. The highest BCUT2D eigenvalue weighted by molar-refractivity contribution is 7.17. The Morgan fingerprint density at radius 2 is 1.43 bits per heavy atom. The molecule has 1 atom stereocenters. The van der Waals surface area contributed by atoms with E-state index in [4.69, 9.17) is 5.73 Å². The third-order valence-electron chi connectivity index (χ3n) is 7.16. The Bertz CT molecular complexity index is 1500. The van der Waals surface area contributed by atoms with Crippen LogP contribution >= 0.6 is 11.3 Å². The number of carbonyl (C=O) groups is 6. The van der Waals surface area contributed by atoms with Gasteiger partial charge in [0, 0.05) is 44.2 Å². The molecular formula is C32H48N8O8S. The van der Waals surface area contributed by atoms with Crippen LogP contribution in [0.5, 0.6) is 0 Å². The molecule has 0 fully saturated rings. The molecule has 1 aromatic heterocycles. The van der Waals surface area contributed by atoms with Gasteiger partial charge in [0.15, 0.2) is 11.4 Å². The van der Waals surface area contributed by atoms with Gasteiger partial charge in [-0.2, -0.15) is 0 Å². The fourth-order valence-electron chi connectivity index (χ4n) is 4.92. The van der Waals surface area contributed by atoms with E-state index in [-0.39, 0.29) is 35.2 Å². The molecule has 17 heteroatoms. The summed E-state index contributed by atoms with van der Waals surface area (Å²) >= 11 is 0.954. The molecule has 0 spiro atoms. The van der Waals surface area contributed by atoms with E-state index in [2.05, 4.69) is 20.9 Å². The van der Waals surface area contributed by atoms with Gasteiger partial charge in [0.25, 0.3) is 5.91 Å². The van der Waals surface area contributed by atoms with Gasteiger partial charge in [-0.05, 0) is 78.5 Å². The predicted molar refractivity (Wildman–Crippen MR) is 185 cm³/mol. The predicted octanol–water partition coefficient (Wildman–Crippen LogP) is 3.59. The summed E-state index contributed by atoms with van der Waals surface area (Å²) in [5, 5.41) is 28.8. The second-order valence-electron chi connectivity index (χ2n) is 13.6. The van der Waals surface area contributed by atoms with Crippen molar-refractivity contribution >= 4 is 58.0 Å². The summed E-state index contributed by atoms with van der Waals surface area (Å²) in [6.07, 6.45) is -3.30. The SMILES string of the molecule is CC(=O)Nc1nc(CCc2ccc(NC(N(C(=O)O)C(C)(C)C)N(C(=O)O)C(C)(C)C)cc2)c(C(=O)N[C@@H](CCC(N)=O)C(=O)N(C)C)s1. The molecular weight excluding hydrogens is 656 g/mol. The molecule has 2 aromatic rings. The van der Waals surface area contributed by atoms with Crippen molar-refractivity contribution in [3.63, 3.8) is 0 Å². The topological polar surface area (TPSA) is 228 Å². The minimum Gasteiger partial charge on any atom is -0.465 e. The van der Waals surface area contributed by atoms with E-state index < -0.39 is 53.3 Å². The van der Waals surface area contributed by atoms with E-state index in [0.29, 0.717) is 17.8 Å². The first-order valence-corrected chi connectivity index (χ1v) is 16.3. The Kier molecular flexibility index (Phi) is 13.5. The third-order valence-corrected chi connectivity index (χ3v) is 8.17. The molecule has 6 amide bonds. The zero-order valence-corrected chi connectivity index (χ0v) is 30.2. The monoisotopic (exact) mass is 704 g/mol. The molecule has 1 aromatic carbocycles. The smallest absolute Gasteiger partial charge is 0.410 e. The number of nitrogens with two attached hydrogens (primary N) is 1. The number of nitrogens with one attached hydrogen (secondary N) is 3. The van der Waals surface area contributed by atoms with Crippen LogP contribution in [0, 0.1) is 0 Å². The highest BCUT2D eigenvalue weighted by Gasteiger charge is 2.43. The summed E-state index contributed by atoms with van der Waals surface area (Å²) in [5.41, 5.74) is 5.01. The highest BCUT2D eigenvalue weighted by atomic mass is 32.1. The van der Waals surface area contributed by atoms with Gasteiger partial charge in [0.1, 0.15) is 10.9 Å². The average molecular weight is 705 g/mol. The number of carbonyl (C=O) groups excluding carboxylic acids is 4. The summed E-state index contributed by atoms with van der Waals surface area (Å²) in [6.45, 7) is 11.4. The zero-order chi connectivity index (χ0) is 37.4. The fourth-order valence-corrected chi connectivity index (χ4v) is 5.88. The molecule has 0 aliphatic rings. The number of primary amides is 1. The van der Waals surface area contributed by atoms with E-state index in [1.54, 1.807) is 65.8 Å². The first kappa shape index (κ1) is 40.2. The molecule has 0 saturated heterocycles. The first-order chi connectivity index (χ1) is 22.5. The number of hydrogen-bond donors (Lipinski definition) is 6. The average Bonchev–Trinajstić information content (AvgIpc) is 3.34. The van der Waals surface area contributed by atoms with Crippen molar-refractivity contribution in [1.29, 1.82) is 0 Å². The number of anilines is 2. The number of nitrogens with zero attached hydrogens (tertiary/aromatic N) is 4. The van der Waals surface area contributed by atoms with Crippen LogP contribution in [0.1, 0.15) is 82.2 Å². The molecule has 0 aliphatic heterocycles. The molecule has 1 heterocycles. The van der Waals surface area contributed by atoms with Gasteiger partial charge in [-0.1, -0.05) is 23.5 Å². The second-order valence-corrected chi connectivity index (χ2v) is 14.6. The molecule has 0 saturated carbocycles. The largest absolute Gasteiger partial charge is 0.465 e.